The van der Waals surface area contributed by atoms with E-state index in [1.165, 1.54) is 17.2 Å². The third kappa shape index (κ3) is 5.16. The Hall–Kier alpha value is -3.21. The zero-order valence-corrected chi connectivity index (χ0v) is 16.7. The van der Waals surface area contributed by atoms with E-state index in [1.807, 2.05) is 43.3 Å². The summed E-state index contributed by atoms with van der Waals surface area (Å²) < 4.78 is 5.21. The second-order valence-electron chi connectivity index (χ2n) is 7.80. The molecule has 5 nitrogen and oxygen atoms in total. The maximum atomic E-state index is 12.0. The van der Waals surface area contributed by atoms with Crippen LogP contribution in [0.4, 0.5) is 0 Å². The molecule has 1 heterocycles. The van der Waals surface area contributed by atoms with E-state index in [4.69, 9.17) is 4.52 Å². The van der Waals surface area contributed by atoms with Crippen LogP contribution in [0.1, 0.15) is 43.4 Å². The van der Waals surface area contributed by atoms with Crippen LogP contribution in [0.2, 0.25) is 0 Å². The van der Waals surface area contributed by atoms with Gasteiger partial charge in [-0.2, -0.15) is 4.98 Å². The quantitative estimate of drug-likeness (QED) is 0.658. The van der Waals surface area contributed by atoms with Crippen LogP contribution in [-0.4, -0.2) is 16.0 Å². The average Bonchev–Trinajstić information content (AvgIpc) is 3.14. The molecular formula is C23H25N3O2. The number of rotatable bonds is 5. The summed E-state index contributed by atoms with van der Waals surface area (Å²) in [5.74, 6) is 0.667. The Labute approximate surface area is 165 Å². The zero-order chi connectivity index (χ0) is 20.1. The van der Waals surface area contributed by atoms with Gasteiger partial charge in [0.25, 0.3) is 0 Å². The largest absolute Gasteiger partial charge is 0.343 e. The molecule has 28 heavy (non-hydrogen) atoms. The Bertz CT molecular complexity index is 962. The van der Waals surface area contributed by atoms with Crippen LogP contribution in [0.25, 0.3) is 17.5 Å². The van der Waals surface area contributed by atoms with Gasteiger partial charge in [0.1, 0.15) is 0 Å². The van der Waals surface area contributed by atoms with Crippen molar-refractivity contribution < 1.29 is 9.32 Å². The number of amides is 1. The van der Waals surface area contributed by atoms with Gasteiger partial charge in [-0.3, -0.25) is 4.79 Å². The third-order valence-electron chi connectivity index (χ3n) is 4.40. The van der Waals surface area contributed by atoms with E-state index >= 15 is 0 Å². The van der Waals surface area contributed by atoms with Crippen LogP contribution < -0.4 is 5.32 Å². The van der Waals surface area contributed by atoms with Crippen LogP contribution in [0.3, 0.4) is 0 Å². The average molecular weight is 375 g/mol. The fourth-order valence-electron chi connectivity index (χ4n) is 2.63. The lowest BCUT2D eigenvalue weighted by Crippen LogP contribution is -2.20. The molecule has 3 aromatic rings. The second kappa shape index (κ2) is 8.21. The molecule has 0 radical (unpaired) electrons. The lowest BCUT2D eigenvalue weighted by molar-refractivity contribution is -0.116. The van der Waals surface area contributed by atoms with Gasteiger partial charge in [-0.15, -0.1) is 0 Å². The number of benzene rings is 2. The molecular weight excluding hydrogens is 350 g/mol. The van der Waals surface area contributed by atoms with E-state index in [-0.39, 0.29) is 17.9 Å². The highest BCUT2D eigenvalue weighted by Crippen LogP contribution is 2.22. The summed E-state index contributed by atoms with van der Waals surface area (Å²) in [6.45, 7) is 8.73. The lowest BCUT2D eigenvalue weighted by Gasteiger charge is -2.18. The van der Waals surface area contributed by atoms with Crippen molar-refractivity contribution in [3.63, 3.8) is 0 Å². The summed E-state index contributed by atoms with van der Waals surface area (Å²) in [6.07, 6.45) is 3.29. The zero-order valence-electron chi connectivity index (χ0n) is 16.7. The van der Waals surface area contributed by atoms with E-state index in [0.717, 1.165) is 11.1 Å². The second-order valence-corrected chi connectivity index (χ2v) is 7.80. The molecule has 5 heteroatoms. The number of hydrogen-bond donors (Lipinski definition) is 1. The fourth-order valence-corrected chi connectivity index (χ4v) is 2.63. The smallest absolute Gasteiger partial charge is 0.246 e. The van der Waals surface area contributed by atoms with Crippen molar-refractivity contribution in [3.8, 4) is 11.4 Å². The molecule has 1 amide bonds. The summed E-state index contributed by atoms with van der Waals surface area (Å²) in [5.41, 5.74) is 4.39. The number of nitrogens with zero attached hydrogens (tertiary/aromatic N) is 2. The lowest BCUT2D eigenvalue weighted by atomic mass is 9.87. The molecule has 144 valence electrons. The first kappa shape index (κ1) is 19.5. The summed E-state index contributed by atoms with van der Waals surface area (Å²) in [5, 5.41) is 6.72. The minimum absolute atomic E-state index is 0.112. The van der Waals surface area contributed by atoms with Crippen molar-refractivity contribution in [1.82, 2.24) is 15.5 Å². The van der Waals surface area contributed by atoms with Crippen molar-refractivity contribution in [2.45, 2.75) is 39.7 Å². The van der Waals surface area contributed by atoms with Gasteiger partial charge in [-0.1, -0.05) is 80.0 Å². The Morgan fingerprint density at radius 2 is 1.75 bits per heavy atom. The molecule has 2 aromatic carbocycles. The minimum Gasteiger partial charge on any atom is -0.343 e. The van der Waals surface area contributed by atoms with Crippen molar-refractivity contribution in [2.75, 3.05) is 0 Å². The number of aromatic nitrogens is 2. The van der Waals surface area contributed by atoms with Gasteiger partial charge < -0.3 is 9.84 Å². The Balaban J connectivity index is 1.54. The van der Waals surface area contributed by atoms with Gasteiger partial charge in [-0.25, -0.2) is 0 Å². The standard InChI is InChI=1S/C23H25N3O2/c1-16-5-10-18(11-6-16)22-25-21(28-26-22)15-24-20(27)14-9-17-7-12-19(13-8-17)23(2,3)4/h5-14H,15H2,1-4H3,(H,24,27)/b14-9+. The van der Waals surface area contributed by atoms with Crippen LogP contribution in [0, 0.1) is 6.92 Å². The van der Waals surface area contributed by atoms with Gasteiger partial charge in [0.2, 0.25) is 17.6 Å². The molecule has 0 aliphatic carbocycles. The molecule has 0 atom stereocenters. The Morgan fingerprint density at radius 1 is 1.07 bits per heavy atom. The molecule has 1 aromatic heterocycles. The predicted octanol–water partition coefficient (Wildman–Crippen LogP) is 4.67. The molecule has 1 N–H and O–H groups in total. The van der Waals surface area contributed by atoms with Crippen molar-refractivity contribution in [1.29, 1.82) is 0 Å². The monoisotopic (exact) mass is 375 g/mol. The highest BCUT2D eigenvalue weighted by atomic mass is 16.5. The molecule has 0 spiro atoms. The van der Waals surface area contributed by atoms with Crippen LogP contribution in [0.5, 0.6) is 0 Å². The summed E-state index contributed by atoms with van der Waals surface area (Å²) in [4.78, 5) is 16.4. The predicted molar refractivity (Wildman–Crippen MR) is 110 cm³/mol. The normalized spacial score (nSPS) is 11.7. The molecule has 0 aliphatic rings. The van der Waals surface area contributed by atoms with Gasteiger partial charge in [0.05, 0.1) is 6.54 Å². The van der Waals surface area contributed by atoms with Gasteiger partial charge in [0.15, 0.2) is 0 Å². The fraction of sp³-hybridized carbons (Fsp3) is 0.261. The van der Waals surface area contributed by atoms with E-state index in [2.05, 4.69) is 48.4 Å². The molecule has 0 fully saturated rings. The van der Waals surface area contributed by atoms with Crippen LogP contribution >= 0.6 is 0 Å². The highest BCUT2D eigenvalue weighted by Gasteiger charge is 2.12. The molecule has 3 rings (SSSR count). The molecule has 0 saturated carbocycles. The van der Waals surface area contributed by atoms with Gasteiger partial charge in [-0.05, 0) is 29.5 Å². The van der Waals surface area contributed by atoms with Crippen LogP contribution in [0.15, 0.2) is 59.1 Å². The molecule has 0 bridgehead atoms. The van der Waals surface area contributed by atoms with E-state index in [0.29, 0.717) is 11.7 Å². The third-order valence-corrected chi connectivity index (χ3v) is 4.40. The summed E-state index contributed by atoms with van der Waals surface area (Å²) in [7, 11) is 0. The first-order valence-corrected chi connectivity index (χ1v) is 9.27. The number of carbonyl (C=O) groups is 1. The Morgan fingerprint density at radius 3 is 2.39 bits per heavy atom. The van der Waals surface area contributed by atoms with E-state index < -0.39 is 0 Å². The van der Waals surface area contributed by atoms with Crippen molar-refractivity contribution in [3.05, 3.63) is 77.2 Å². The summed E-state index contributed by atoms with van der Waals surface area (Å²) >= 11 is 0. The first-order valence-electron chi connectivity index (χ1n) is 9.27. The van der Waals surface area contributed by atoms with Crippen molar-refractivity contribution >= 4 is 12.0 Å². The number of nitrogens with one attached hydrogen (secondary N) is 1. The SMILES string of the molecule is Cc1ccc(-c2noc(CNC(=O)/C=C/c3ccc(C(C)(C)C)cc3)n2)cc1. The van der Waals surface area contributed by atoms with E-state index in [9.17, 15) is 4.79 Å². The molecule has 0 aliphatic heterocycles. The summed E-state index contributed by atoms with van der Waals surface area (Å²) in [6, 6.07) is 16.1. The van der Waals surface area contributed by atoms with Crippen LogP contribution in [-0.2, 0) is 16.8 Å². The van der Waals surface area contributed by atoms with Gasteiger partial charge in [0, 0.05) is 11.6 Å². The Kier molecular flexibility index (Phi) is 5.73. The van der Waals surface area contributed by atoms with Crippen molar-refractivity contribution in [2.24, 2.45) is 0 Å². The number of aryl methyl sites for hydroxylation is 1. The maximum absolute atomic E-state index is 12.0. The maximum Gasteiger partial charge on any atom is 0.246 e. The topological polar surface area (TPSA) is 68.0 Å². The molecule has 0 unspecified atom stereocenters. The number of carbonyl (C=O) groups excluding carboxylic acids is 1. The molecule has 0 saturated heterocycles. The number of hydrogen-bond acceptors (Lipinski definition) is 4. The highest BCUT2D eigenvalue weighted by molar-refractivity contribution is 5.91. The first-order chi connectivity index (χ1) is 13.3. The van der Waals surface area contributed by atoms with E-state index in [1.54, 1.807) is 6.08 Å². The minimum atomic E-state index is -0.213. The van der Waals surface area contributed by atoms with Gasteiger partial charge >= 0.3 is 0 Å².